The molecule has 2 aliphatic heterocycles. The van der Waals surface area contributed by atoms with Crippen molar-refractivity contribution in [3.05, 3.63) is 70.4 Å². The number of halogens is 1. The first-order valence-electron chi connectivity index (χ1n) is 15.7. The van der Waals surface area contributed by atoms with Gasteiger partial charge in [0.15, 0.2) is 17.7 Å². The molecule has 1 aromatic carbocycles. The van der Waals surface area contributed by atoms with E-state index in [0.29, 0.717) is 78.2 Å². The van der Waals surface area contributed by atoms with E-state index in [1.54, 1.807) is 31.5 Å². The summed E-state index contributed by atoms with van der Waals surface area (Å²) in [4.78, 5) is 38.9. The van der Waals surface area contributed by atoms with E-state index >= 15 is 4.39 Å². The van der Waals surface area contributed by atoms with E-state index in [4.69, 9.17) is 14.5 Å². The molecule has 0 spiro atoms. The maximum Gasteiger partial charge on any atom is 0.337 e. The highest BCUT2D eigenvalue weighted by Gasteiger charge is 2.35. The zero-order valence-corrected chi connectivity index (χ0v) is 27.2. The van der Waals surface area contributed by atoms with Gasteiger partial charge in [-0.2, -0.15) is 0 Å². The number of carboxylic acids is 1. The number of nitrogens with zero attached hydrogens (tertiary/aromatic N) is 5. The predicted molar refractivity (Wildman–Crippen MR) is 173 cm³/mol. The van der Waals surface area contributed by atoms with Crippen LogP contribution in [0.2, 0.25) is 0 Å². The van der Waals surface area contributed by atoms with E-state index in [1.807, 2.05) is 50.3 Å². The van der Waals surface area contributed by atoms with Crippen LogP contribution < -0.4 is 9.64 Å². The zero-order chi connectivity index (χ0) is 32.9. The van der Waals surface area contributed by atoms with Crippen molar-refractivity contribution in [3.8, 4) is 16.9 Å². The summed E-state index contributed by atoms with van der Waals surface area (Å²) in [7, 11) is 1.93. The van der Waals surface area contributed by atoms with Crippen molar-refractivity contribution in [1.29, 1.82) is 0 Å². The molecule has 46 heavy (non-hydrogen) atoms. The van der Waals surface area contributed by atoms with Crippen LogP contribution in [0.15, 0.2) is 36.7 Å². The fourth-order valence-corrected chi connectivity index (χ4v) is 6.67. The van der Waals surface area contributed by atoms with E-state index < -0.39 is 23.5 Å². The van der Waals surface area contributed by atoms with Crippen LogP contribution in [0.4, 0.5) is 10.2 Å². The Balaban J connectivity index is 1.49. The van der Waals surface area contributed by atoms with Gasteiger partial charge in [0, 0.05) is 73.4 Å². The molecule has 3 aromatic heterocycles. The maximum absolute atomic E-state index is 15.7. The quantitative estimate of drug-likeness (QED) is 0.293. The number of hydrogen-bond donors (Lipinski definition) is 1. The smallest absolute Gasteiger partial charge is 0.337 e. The number of amides is 1. The number of carbonyl (C=O) groups is 2. The number of ether oxygens (including phenoxy) is 2. The molecule has 0 bridgehead atoms. The van der Waals surface area contributed by atoms with Crippen molar-refractivity contribution in [2.75, 3.05) is 37.7 Å². The Morgan fingerprint density at radius 2 is 1.87 bits per heavy atom. The maximum atomic E-state index is 15.7. The lowest BCUT2D eigenvalue weighted by Gasteiger charge is -2.36. The number of pyridine rings is 2. The van der Waals surface area contributed by atoms with Crippen molar-refractivity contribution in [3.63, 3.8) is 0 Å². The minimum Gasteiger partial charge on any atom is -0.490 e. The molecule has 242 valence electrons. The van der Waals surface area contributed by atoms with Gasteiger partial charge >= 0.3 is 5.97 Å². The van der Waals surface area contributed by atoms with E-state index in [0.717, 1.165) is 23.4 Å². The van der Waals surface area contributed by atoms with Gasteiger partial charge in [-0.15, -0.1) is 0 Å². The molecule has 5 heterocycles. The standard InChI is InChI=1S/C35H40FN5O5/c1-20-23-10-8-16-45-30(23)26(36)17-24(20)29-25-18-27(40-12-14-41(15-13-40)33(42)22-9-7-11-37-19-22)39(6)32(25)38-21(2)28(29)31(34(43)44)46-35(3,4)5/h7,9,11,17-19,31H,8,10,12-16H2,1-6H3,(H,43,44). The molecule has 6 rings (SSSR count). The van der Waals surface area contributed by atoms with Crippen LogP contribution in [0.25, 0.3) is 22.2 Å². The summed E-state index contributed by atoms with van der Waals surface area (Å²) in [6.45, 7) is 11.8. The third-order valence-corrected chi connectivity index (χ3v) is 8.84. The van der Waals surface area contributed by atoms with Crippen molar-refractivity contribution in [2.24, 2.45) is 7.05 Å². The molecule has 10 nitrogen and oxygen atoms in total. The molecule has 1 saturated heterocycles. The molecule has 4 aromatic rings. The van der Waals surface area contributed by atoms with Crippen molar-refractivity contribution >= 4 is 28.7 Å². The third-order valence-electron chi connectivity index (χ3n) is 8.84. The Bertz CT molecular complexity index is 1820. The number of aryl methyl sites for hydroxylation is 2. The van der Waals surface area contributed by atoms with Crippen LogP contribution in [0.5, 0.6) is 5.75 Å². The first-order valence-corrected chi connectivity index (χ1v) is 15.7. The predicted octanol–water partition coefficient (Wildman–Crippen LogP) is 5.62. The number of hydrogen-bond acceptors (Lipinski definition) is 7. The molecule has 2 aliphatic rings. The second-order valence-corrected chi connectivity index (χ2v) is 13.0. The number of anilines is 1. The largest absolute Gasteiger partial charge is 0.490 e. The molecule has 0 aliphatic carbocycles. The number of benzene rings is 1. The van der Waals surface area contributed by atoms with E-state index in [-0.39, 0.29) is 11.7 Å². The lowest BCUT2D eigenvalue weighted by Crippen LogP contribution is -2.49. The Kier molecular flexibility index (Phi) is 8.22. The number of carboxylic acid groups (broad SMARTS) is 1. The van der Waals surface area contributed by atoms with Gasteiger partial charge < -0.3 is 28.9 Å². The normalized spacial score (nSPS) is 15.9. The van der Waals surface area contributed by atoms with Crippen LogP contribution in [0.3, 0.4) is 0 Å². The number of piperazine rings is 1. The first kappa shape index (κ1) is 31.5. The number of fused-ring (bicyclic) bond motifs is 2. The van der Waals surface area contributed by atoms with Gasteiger partial charge in [0.25, 0.3) is 5.91 Å². The molecule has 1 unspecified atom stereocenters. The highest BCUT2D eigenvalue weighted by Crippen LogP contribution is 2.45. The summed E-state index contributed by atoms with van der Waals surface area (Å²) >= 11 is 0. The average molecular weight is 630 g/mol. The summed E-state index contributed by atoms with van der Waals surface area (Å²) in [5.41, 5.74) is 4.15. The molecule has 1 N–H and O–H groups in total. The average Bonchev–Trinajstić information content (AvgIpc) is 3.36. The molecule has 1 amide bonds. The number of carbonyl (C=O) groups excluding carboxylic acids is 1. The van der Waals surface area contributed by atoms with Crippen molar-refractivity contribution in [1.82, 2.24) is 19.4 Å². The van der Waals surface area contributed by atoms with Gasteiger partial charge in [-0.05, 0) is 82.9 Å². The van der Waals surface area contributed by atoms with Gasteiger partial charge in [-0.25, -0.2) is 14.2 Å². The van der Waals surface area contributed by atoms with Gasteiger partial charge in [-0.1, -0.05) is 0 Å². The van der Waals surface area contributed by atoms with Crippen molar-refractivity contribution < 1.29 is 28.6 Å². The summed E-state index contributed by atoms with van der Waals surface area (Å²) in [6, 6.07) is 6.99. The molecule has 11 heteroatoms. The summed E-state index contributed by atoms with van der Waals surface area (Å²) in [6.07, 6.45) is 3.32. The number of aromatic nitrogens is 3. The summed E-state index contributed by atoms with van der Waals surface area (Å²) < 4.78 is 29.6. The lowest BCUT2D eigenvalue weighted by molar-refractivity contribution is -0.160. The fourth-order valence-electron chi connectivity index (χ4n) is 6.67. The third kappa shape index (κ3) is 5.68. The Morgan fingerprint density at radius 1 is 1.13 bits per heavy atom. The molecular formula is C35H40FN5O5. The first-order chi connectivity index (χ1) is 21.9. The number of aliphatic carboxylic acids is 1. The topological polar surface area (TPSA) is 110 Å². The minimum atomic E-state index is -1.34. The Morgan fingerprint density at radius 3 is 2.52 bits per heavy atom. The fraction of sp³-hybridized carbons (Fsp3) is 0.429. The molecule has 1 atom stereocenters. The van der Waals surface area contributed by atoms with Crippen LogP contribution >= 0.6 is 0 Å². The van der Waals surface area contributed by atoms with Crippen LogP contribution in [0.1, 0.15) is 66.0 Å². The Hall–Kier alpha value is -4.51. The van der Waals surface area contributed by atoms with Crippen molar-refractivity contribution in [2.45, 2.75) is 59.2 Å². The molecule has 0 saturated carbocycles. The zero-order valence-electron chi connectivity index (χ0n) is 27.2. The van der Waals surface area contributed by atoms with E-state index in [1.165, 1.54) is 6.07 Å². The van der Waals surface area contributed by atoms with Crippen LogP contribution in [-0.2, 0) is 23.0 Å². The lowest BCUT2D eigenvalue weighted by atomic mass is 9.86. The monoisotopic (exact) mass is 629 g/mol. The van der Waals surface area contributed by atoms with Gasteiger partial charge in [0.1, 0.15) is 11.5 Å². The second kappa shape index (κ2) is 12.0. The van der Waals surface area contributed by atoms with Crippen LogP contribution in [-0.4, -0.2) is 74.8 Å². The Labute approximate surface area is 267 Å². The second-order valence-electron chi connectivity index (χ2n) is 13.0. The van der Waals surface area contributed by atoms with Crippen LogP contribution in [0, 0.1) is 19.7 Å². The van der Waals surface area contributed by atoms with Gasteiger partial charge in [-0.3, -0.25) is 9.78 Å². The highest BCUT2D eigenvalue weighted by atomic mass is 19.1. The number of rotatable bonds is 6. The molecule has 1 fully saturated rings. The highest BCUT2D eigenvalue weighted by molar-refractivity contribution is 6.01. The summed E-state index contributed by atoms with van der Waals surface area (Å²) in [5, 5.41) is 11.2. The van der Waals surface area contributed by atoms with E-state index in [2.05, 4.69) is 9.88 Å². The van der Waals surface area contributed by atoms with Gasteiger partial charge in [0.05, 0.1) is 17.8 Å². The molecular weight excluding hydrogens is 589 g/mol. The molecule has 0 radical (unpaired) electrons. The summed E-state index contributed by atoms with van der Waals surface area (Å²) in [5.74, 6) is -0.536. The SMILES string of the molecule is Cc1nc2c(cc(N3CCN(C(=O)c4cccnc4)CC3)n2C)c(-c2cc(F)c3c(c2C)CCCO3)c1C(OC(C)(C)C)C(=O)O. The van der Waals surface area contributed by atoms with E-state index in [9.17, 15) is 14.7 Å². The van der Waals surface area contributed by atoms with Gasteiger partial charge in [0.2, 0.25) is 0 Å². The minimum absolute atomic E-state index is 0.0542.